The van der Waals surface area contributed by atoms with Crippen LogP contribution in [0.15, 0.2) is 65.6 Å². The predicted molar refractivity (Wildman–Crippen MR) is 115 cm³/mol. The average Bonchev–Trinajstić information content (AvgIpc) is 3.34. The summed E-state index contributed by atoms with van der Waals surface area (Å²) >= 11 is 0. The lowest BCUT2D eigenvalue weighted by Gasteiger charge is -2.26. The number of hydrogen-bond acceptors (Lipinski definition) is 6. The van der Waals surface area contributed by atoms with E-state index < -0.39 is 21.8 Å². The number of morpholine rings is 1. The van der Waals surface area contributed by atoms with Crippen LogP contribution in [0.4, 0.5) is 0 Å². The molecular formula is C21H21N5O5S. The van der Waals surface area contributed by atoms with Crippen LogP contribution in [0, 0.1) is 0 Å². The zero-order chi connectivity index (χ0) is 22.6. The molecule has 32 heavy (non-hydrogen) atoms. The van der Waals surface area contributed by atoms with Gasteiger partial charge in [0.2, 0.25) is 10.0 Å². The summed E-state index contributed by atoms with van der Waals surface area (Å²) in [7, 11) is -3.74. The Hall–Kier alpha value is -3.54. The van der Waals surface area contributed by atoms with Crippen molar-refractivity contribution in [3.63, 3.8) is 0 Å². The second-order valence-electron chi connectivity index (χ2n) is 6.99. The molecule has 2 aromatic carbocycles. The van der Waals surface area contributed by atoms with Crippen LogP contribution in [0.25, 0.3) is 11.3 Å². The van der Waals surface area contributed by atoms with Gasteiger partial charge in [0.15, 0.2) is 0 Å². The minimum Gasteiger partial charge on any atom is -0.379 e. The lowest BCUT2D eigenvalue weighted by molar-refractivity contribution is 0.0730. The van der Waals surface area contributed by atoms with Gasteiger partial charge in [-0.3, -0.25) is 25.5 Å². The first-order valence-electron chi connectivity index (χ1n) is 9.84. The van der Waals surface area contributed by atoms with Crippen molar-refractivity contribution in [3.8, 4) is 11.3 Å². The van der Waals surface area contributed by atoms with Crippen LogP contribution in [-0.4, -0.2) is 61.0 Å². The number of carbonyl (C=O) groups excluding carboxylic acids is 2. The molecule has 0 bridgehead atoms. The van der Waals surface area contributed by atoms with Crippen LogP contribution in [0.5, 0.6) is 0 Å². The molecule has 2 amide bonds. The van der Waals surface area contributed by atoms with Gasteiger partial charge in [0.05, 0.1) is 23.8 Å². The molecule has 0 aliphatic carbocycles. The zero-order valence-corrected chi connectivity index (χ0v) is 17.8. The maximum Gasteiger partial charge on any atom is 0.287 e. The van der Waals surface area contributed by atoms with Crippen LogP contribution in [0.1, 0.15) is 20.8 Å². The molecule has 0 atom stereocenters. The summed E-state index contributed by atoms with van der Waals surface area (Å²) < 4.78 is 32.1. The quantitative estimate of drug-likeness (QED) is 0.495. The van der Waals surface area contributed by atoms with Crippen molar-refractivity contribution >= 4 is 21.8 Å². The van der Waals surface area contributed by atoms with Crippen molar-refractivity contribution < 1.29 is 22.7 Å². The molecule has 3 N–H and O–H groups in total. The van der Waals surface area contributed by atoms with E-state index >= 15 is 0 Å². The van der Waals surface area contributed by atoms with E-state index in [1.165, 1.54) is 28.6 Å². The Kier molecular flexibility index (Phi) is 6.30. The van der Waals surface area contributed by atoms with Gasteiger partial charge in [0, 0.05) is 24.2 Å². The number of hydrogen-bond donors (Lipinski definition) is 3. The molecule has 1 aromatic heterocycles. The van der Waals surface area contributed by atoms with Crippen molar-refractivity contribution in [2.45, 2.75) is 4.90 Å². The number of ether oxygens (including phenoxy) is 1. The van der Waals surface area contributed by atoms with Crippen molar-refractivity contribution in [1.82, 2.24) is 25.4 Å². The fourth-order valence-electron chi connectivity index (χ4n) is 3.18. The first kappa shape index (κ1) is 21.7. The molecule has 1 saturated heterocycles. The predicted octanol–water partition coefficient (Wildman–Crippen LogP) is 1.17. The second kappa shape index (κ2) is 9.30. The van der Waals surface area contributed by atoms with Gasteiger partial charge in [0.1, 0.15) is 5.69 Å². The van der Waals surface area contributed by atoms with E-state index in [2.05, 4.69) is 21.0 Å². The van der Waals surface area contributed by atoms with Gasteiger partial charge in [-0.05, 0) is 24.3 Å². The van der Waals surface area contributed by atoms with Crippen molar-refractivity contribution in [1.29, 1.82) is 0 Å². The molecule has 3 aromatic rings. The molecular weight excluding hydrogens is 434 g/mol. The van der Waals surface area contributed by atoms with Crippen LogP contribution in [0.3, 0.4) is 0 Å². The molecule has 0 unspecified atom stereocenters. The normalized spacial score (nSPS) is 14.6. The molecule has 0 spiro atoms. The fourth-order valence-corrected chi connectivity index (χ4v) is 4.64. The molecule has 11 heteroatoms. The number of benzene rings is 2. The first-order valence-corrected chi connectivity index (χ1v) is 11.3. The minimum absolute atomic E-state index is 0.000512. The Bertz CT molecular complexity index is 1220. The van der Waals surface area contributed by atoms with Gasteiger partial charge < -0.3 is 4.74 Å². The van der Waals surface area contributed by atoms with E-state index in [-0.39, 0.29) is 29.2 Å². The third-order valence-corrected chi connectivity index (χ3v) is 6.78. The third kappa shape index (κ3) is 4.69. The highest BCUT2D eigenvalue weighted by Gasteiger charge is 2.27. The molecule has 0 saturated carbocycles. The van der Waals surface area contributed by atoms with Crippen LogP contribution in [0.2, 0.25) is 0 Å². The Morgan fingerprint density at radius 2 is 1.66 bits per heavy atom. The molecule has 166 valence electrons. The van der Waals surface area contributed by atoms with Crippen molar-refractivity contribution in [2.24, 2.45) is 0 Å². The molecule has 1 aliphatic rings. The van der Waals surface area contributed by atoms with Crippen LogP contribution >= 0.6 is 0 Å². The van der Waals surface area contributed by atoms with Gasteiger partial charge >= 0.3 is 0 Å². The maximum absolute atomic E-state index is 12.8. The Balaban J connectivity index is 1.41. The second-order valence-corrected chi connectivity index (χ2v) is 8.92. The monoisotopic (exact) mass is 455 g/mol. The third-order valence-electron chi connectivity index (χ3n) is 4.89. The molecule has 2 heterocycles. The SMILES string of the molecule is O=C(NNC(=O)c1cc(-c2ccccc2)n[nH]1)c1cccc(S(=O)(=O)N2CCOCC2)c1. The van der Waals surface area contributed by atoms with Crippen molar-refractivity contribution in [2.75, 3.05) is 26.3 Å². The highest BCUT2D eigenvalue weighted by Crippen LogP contribution is 2.19. The van der Waals surface area contributed by atoms with Crippen LogP contribution < -0.4 is 10.9 Å². The summed E-state index contributed by atoms with van der Waals surface area (Å²) in [6.45, 7) is 1.16. The summed E-state index contributed by atoms with van der Waals surface area (Å²) in [5.41, 5.74) is 6.26. The lowest BCUT2D eigenvalue weighted by Crippen LogP contribution is -2.42. The van der Waals surface area contributed by atoms with E-state index in [1.807, 2.05) is 30.3 Å². The van der Waals surface area contributed by atoms with Gasteiger partial charge in [-0.2, -0.15) is 9.40 Å². The number of hydrazine groups is 1. The number of amides is 2. The standard InChI is InChI=1S/C21H21N5O5S/c27-20(16-7-4-8-17(13-16)32(29,30)26-9-11-31-12-10-26)24-25-21(28)19-14-18(22-23-19)15-5-2-1-3-6-15/h1-8,13-14H,9-12H2,(H,22,23)(H,24,27)(H,25,28). The Labute approximate surface area is 184 Å². The lowest BCUT2D eigenvalue weighted by atomic mass is 10.1. The summed E-state index contributed by atoms with van der Waals surface area (Å²) in [5.74, 6) is -1.25. The molecule has 0 radical (unpaired) electrons. The molecule has 1 fully saturated rings. The van der Waals surface area contributed by atoms with E-state index in [0.717, 1.165) is 5.56 Å². The number of aromatic amines is 1. The topological polar surface area (TPSA) is 133 Å². The highest BCUT2D eigenvalue weighted by atomic mass is 32.2. The number of H-pyrrole nitrogens is 1. The zero-order valence-electron chi connectivity index (χ0n) is 16.9. The number of aromatic nitrogens is 2. The summed E-state index contributed by atoms with van der Waals surface area (Å²) in [6.07, 6.45) is 0. The number of rotatable bonds is 5. The summed E-state index contributed by atoms with van der Waals surface area (Å²) in [6, 6.07) is 16.5. The first-order chi connectivity index (χ1) is 15.4. The molecule has 10 nitrogen and oxygen atoms in total. The van der Waals surface area contributed by atoms with Gasteiger partial charge in [0.25, 0.3) is 11.8 Å². The maximum atomic E-state index is 12.8. The largest absolute Gasteiger partial charge is 0.379 e. The van der Waals surface area contributed by atoms with Crippen LogP contribution in [-0.2, 0) is 14.8 Å². The Morgan fingerprint density at radius 3 is 2.41 bits per heavy atom. The van der Waals surface area contributed by atoms with E-state index in [1.54, 1.807) is 6.07 Å². The minimum atomic E-state index is -3.74. The van der Waals surface area contributed by atoms with E-state index in [9.17, 15) is 18.0 Å². The highest BCUT2D eigenvalue weighted by molar-refractivity contribution is 7.89. The summed E-state index contributed by atoms with van der Waals surface area (Å²) in [4.78, 5) is 24.8. The number of nitrogens with zero attached hydrogens (tertiary/aromatic N) is 2. The van der Waals surface area contributed by atoms with E-state index in [0.29, 0.717) is 18.9 Å². The smallest absolute Gasteiger partial charge is 0.287 e. The fraction of sp³-hybridized carbons (Fsp3) is 0.190. The van der Waals surface area contributed by atoms with Gasteiger partial charge in [-0.25, -0.2) is 8.42 Å². The van der Waals surface area contributed by atoms with Gasteiger partial charge in [-0.15, -0.1) is 0 Å². The Morgan fingerprint density at radius 1 is 0.938 bits per heavy atom. The summed E-state index contributed by atoms with van der Waals surface area (Å²) in [5, 5.41) is 6.72. The number of sulfonamides is 1. The number of nitrogens with one attached hydrogen (secondary N) is 3. The molecule has 4 rings (SSSR count). The number of carbonyl (C=O) groups is 2. The van der Waals surface area contributed by atoms with Gasteiger partial charge in [-0.1, -0.05) is 36.4 Å². The molecule has 1 aliphatic heterocycles. The average molecular weight is 455 g/mol. The van der Waals surface area contributed by atoms with E-state index in [4.69, 9.17) is 4.74 Å². The van der Waals surface area contributed by atoms with Crippen molar-refractivity contribution in [3.05, 3.63) is 71.9 Å².